The molecule has 0 bridgehead atoms. The summed E-state index contributed by atoms with van der Waals surface area (Å²) in [5.41, 5.74) is 3.27. The van der Waals surface area contributed by atoms with Crippen LogP contribution in [0.4, 0.5) is 5.69 Å². The lowest BCUT2D eigenvalue weighted by atomic mass is 9.91. The summed E-state index contributed by atoms with van der Waals surface area (Å²) in [6.07, 6.45) is 0.678. The summed E-state index contributed by atoms with van der Waals surface area (Å²) >= 11 is 0. The molecule has 1 amide bonds. The first-order chi connectivity index (χ1) is 18.7. The van der Waals surface area contributed by atoms with Crippen LogP contribution in [0.3, 0.4) is 0 Å². The van der Waals surface area contributed by atoms with E-state index >= 15 is 0 Å². The standard InChI is InChI=1S/C32H33NO6/c1-6-15-39-32(37)22-13-10-14-23(17-22)33-28(21-11-8-7-9-12-21)27(30(35)31(33)36)29(34)25-18-24(19(2)3)26(38-5)16-20(25)4/h7-14,16-19,28,34H,6,15H2,1-5H3/b29-27+. The van der Waals surface area contributed by atoms with Crippen LogP contribution < -0.4 is 9.64 Å². The molecule has 1 unspecified atom stereocenters. The van der Waals surface area contributed by atoms with Gasteiger partial charge in [0.25, 0.3) is 11.7 Å². The highest BCUT2D eigenvalue weighted by Crippen LogP contribution is 2.43. The number of hydrogen-bond donors (Lipinski definition) is 1. The molecule has 1 aliphatic rings. The highest BCUT2D eigenvalue weighted by Gasteiger charge is 2.47. The third-order valence-electron chi connectivity index (χ3n) is 6.81. The van der Waals surface area contributed by atoms with E-state index in [0.717, 1.165) is 5.56 Å². The van der Waals surface area contributed by atoms with Crippen LogP contribution in [0.25, 0.3) is 5.76 Å². The summed E-state index contributed by atoms with van der Waals surface area (Å²) in [6.45, 7) is 8.02. The Morgan fingerprint density at radius 3 is 2.38 bits per heavy atom. The number of ketones is 1. The Labute approximate surface area is 228 Å². The normalized spacial score (nSPS) is 16.6. The van der Waals surface area contributed by atoms with Crippen LogP contribution >= 0.6 is 0 Å². The van der Waals surface area contributed by atoms with E-state index in [1.54, 1.807) is 37.4 Å². The van der Waals surface area contributed by atoms with E-state index in [4.69, 9.17) is 9.47 Å². The quantitative estimate of drug-likeness (QED) is 0.159. The van der Waals surface area contributed by atoms with Gasteiger partial charge in [0.1, 0.15) is 11.5 Å². The zero-order valence-corrected chi connectivity index (χ0v) is 22.9. The first kappa shape index (κ1) is 27.6. The predicted molar refractivity (Wildman–Crippen MR) is 150 cm³/mol. The molecule has 1 fully saturated rings. The van der Waals surface area contributed by atoms with Gasteiger partial charge in [-0.25, -0.2) is 4.79 Å². The molecule has 1 aliphatic heterocycles. The van der Waals surface area contributed by atoms with Crippen LogP contribution in [0, 0.1) is 6.92 Å². The Morgan fingerprint density at radius 2 is 1.74 bits per heavy atom. The van der Waals surface area contributed by atoms with Crippen LogP contribution in [-0.2, 0) is 14.3 Å². The van der Waals surface area contributed by atoms with Crippen molar-refractivity contribution in [2.75, 3.05) is 18.6 Å². The molecule has 3 aromatic carbocycles. The SMILES string of the molecule is CCCOC(=O)c1cccc(N2C(=O)C(=O)/C(=C(/O)c3cc(C(C)C)c(OC)cc3C)C2c2ccccc2)c1. The summed E-state index contributed by atoms with van der Waals surface area (Å²) < 4.78 is 10.8. The minimum Gasteiger partial charge on any atom is -0.507 e. The van der Waals surface area contributed by atoms with E-state index < -0.39 is 23.7 Å². The second-order valence-corrected chi connectivity index (χ2v) is 9.83. The summed E-state index contributed by atoms with van der Waals surface area (Å²) in [6, 6.07) is 18.2. The van der Waals surface area contributed by atoms with Crippen molar-refractivity contribution in [1.29, 1.82) is 0 Å². The van der Waals surface area contributed by atoms with E-state index in [0.29, 0.717) is 34.5 Å². The van der Waals surface area contributed by atoms with E-state index in [9.17, 15) is 19.5 Å². The van der Waals surface area contributed by atoms with Crippen molar-refractivity contribution in [2.24, 2.45) is 0 Å². The van der Waals surface area contributed by atoms with E-state index in [2.05, 4.69) is 0 Å². The van der Waals surface area contributed by atoms with Crippen LogP contribution in [0.1, 0.15) is 71.8 Å². The Morgan fingerprint density at radius 1 is 1.03 bits per heavy atom. The molecule has 1 atom stereocenters. The van der Waals surface area contributed by atoms with Crippen LogP contribution in [-0.4, -0.2) is 36.5 Å². The highest BCUT2D eigenvalue weighted by atomic mass is 16.5. The molecule has 39 heavy (non-hydrogen) atoms. The van der Waals surface area contributed by atoms with Gasteiger partial charge in [0, 0.05) is 11.3 Å². The van der Waals surface area contributed by atoms with Gasteiger partial charge < -0.3 is 14.6 Å². The number of aryl methyl sites for hydroxylation is 1. The van der Waals surface area contributed by atoms with Crippen LogP contribution in [0.15, 0.2) is 72.3 Å². The lowest BCUT2D eigenvalue weighted by molar-refractivity contribution is -0.132. The number of methoxy groups -OCH3 is 1. The number of hydrogen-bond acceptors (Lipinski definition) is 6. The molecule has 1 N–H and O–H groups in total. The molecule has 3 aromatic rings. The Hall–Kier alpha value is -4.39. The van der Waals surface area contributed by atoms with Crippen molar-refractivity contribution in [3.05, 3.63) is 100 Å². The van der Waals surface area contributed by atoms with Gasteiger partial charge in [-0.2, -0.15) is 0 Å². The van der Waals surface area contributed by atoms with Crippen LogP contribution in [0.5, 0.6) is 5.75 Å². The molecule has 0 spiro atoms. The number of amides is 1. The number of benzene rings is 3. The number of nitrogens with zero attached hydrogens (tertiary/aromatic N) is 1. The fourth-order valence-electron chi connectivity index (χ4n) is 4.84. The Bertz CT molecular complexity index is 1440. The molecule has 4 rings (SSSR count). The Balaban J connectivity index is 1.91. The molecule has 1 saturated heterocycles. The number of ether oxygens (including phenoxy) is 2. The largest absolute Gasteiger partial charge is 0.507 e. The molecule has 7 nitrogen and oxygen atoms in total. The average molecular weight is 528 g/mol. The van der Waals surface area contributed by atoms with Crippen molar-refractivity contribution in [1.82, 2.24) is 0 Å². The molecule has 1 heterocycles. The maximum Gasteiger partial charge on any atom is 0.338 e. The molecular weight excluding hydrogens is 494 g/mol. The zero-order chi connectivity index (χ0) is 28.3. The maximum atomic E-state index is 13.6. The van der Waals surface area contributed by atoms with Crippen LogP contribution in [0.2, 0.25) is 0 Å². The van der Waals surface area contributed by atoms with Crippen molar-refractivity contribution >= 4 is 29.1 Å². The number of anilines is 1. The van der Waals surface area contributed by atoms with Crippen molar-refractivity contribution in [2.45, 2.75) is 46.1 Å². The minimum atomic E-state index is -0.905. The van der Waals surface area contributed by atoms with Gasteiger partial charge in [0.05, 0.1) is 30.9 Å². The molecule has 0 saturated carbocycles. The van der Waals surface area contributed by atoms with Gasteiger partial charge in [-0.1, -0.05) is 57.2 Å². The topological polar surface area (TPSA) is 93.1 Å². The summed E-state index contributed by atoms with van der Waals surface area (Å²) in [4.78, 5) is 41.0. The van der Waals surface area contributed by atoms with Crippen molar-refractivity contribution < 1.29 is 29.0 Å². The molecule has 0 aliphatic carbocycles. The molecule has 202 valence electrons. The van der Waals surface area contributed by atoms with E-state index in [1.165, 1.54) is 11.0 Å². The fourth-order valence-corrected chi connectivity index (χ4v) is 4.84. The summed E-state index contributed by atoms with van der Waals surface area (Å²) in [7, 11) is 1.59. The van der Waals surface area contributed by atoms with Gasteiger partial charge in [-0.15, -0.1) is 0 Å². The molecular formula is C32H33NO6. The number of rotatable bonds is 8. The van der Waals surface area contributed by atoms with Crippen molar-refractivity contribution in [3.63, 3.8) is 0 Å². The Kier molecular flexibility index (Phi) is 8.19. The smallest absolute Gasteiger partial charge is 0.338 e. The number of carbonyl (C=O) groups excluding carboxylic acids is 3. The second-order valence-electron chi connectivity index (χ2n) is 9.83. The fraction of sp³-hybridized carbons (Fsp3) is 0.281. The maximum absolute atomic E-state index is 13.6. The monoisotopic (exact) mass is 527 g/mol. The lowest BCUT2D eigenvalue weighted by Gasteiger charge is -2.26. The summed E-state index contributed by atoms with van der Waals surface area (Å²) in [5.74, 6) is -1.59. The molecule has 7 heteroatoms. The second kappa shape index (κ2) is 11.6. The predicted octanol–water partition coefficient (Wildman–Crippen LogP) is 6.32. The number of aliphatic hydroxyl groups excluding tert-OH is 1. The van der Waals surface area contributed by atoms with Gasteiger partial charge in [-0.3, -0.25) is 14.5 Å². The first-order valence-electron chi connectivity index (χ1n) is 13.0. The van der Waals surface area contributed by atoms with Crippen molar-refractivity contribution in [3.8, 4) is 5.75 Å². The number of aliphatic hydroxyl groups is 1. The van der Waals surface area contributed by atoms with Gasteiger partial charge >= 0.3 is 5.97 Å². The lowest BCUT2D eigenvalue weighted by Crippen LogP contribution is -2.29. The highest BCUT2D eigenvalue weighted by molar-refractivity contribution is 6.51. The minimum absolute atomic E-state index is 0.0202. The van der Waals surface area contributed by atoms with E-state index in [-0.39, 0.29) is 29.4 Å². The number of Topliss-reactive ketones (excluding diaryl/α,β-unsaturated/α-hetero) is 1. The third kappa shape index (κ3) is 5.30. The summed E-state index contributed by atoms with van der Waals surface area (Å²) in [5, 5.41) is 11.7. The van der Waals surface area contributed by atoms with Gasteiger partial charge in [-0.05, 0) is 66.3 Å². The molecule has 0 radical (unpaired) electrons. The number of esters is 1. The molecule has 0 aromatic heterocycles. The average Bonchev–Trinajstić information content (AvgIpc) is 3.21. The van der Waals surface area contributed by atoms with E-state index in [1.807, 2.05) is 58.0 Å². The number of carbonyl (C=O) groups is 3. The first-order valence-corrected chi connectivity index (χ1v) is 13.0. The van der Waals surface area contributed by atoms with Gasteiger partial charge in [0.2, 0.25) is 0 Å². The van der Waals surface area contributed by atoms with Gasteiger partial charge in [0.15, 0.2) is 0 Å². The third-order valence-corrected chi connectivity index (χ3v) is 6.81. The zero-order valence-electron chi connectivity index (χ0n) is 22.9.